The Morgan fingerprint density at radius 2 is 1.85 bits per heavy atom. The van der Waals surface area contributed by atoms with E-state index in [1.54, 1.807) is 25.1 Å². The Bertz CT molecular complexity index is 962. The summed E-state index contributed by atoms with van der Waals surface area (Å²) in [5, 5.41) is 2.87. The predicted molar refractivity (Wildman–Crippen MR) is 99.3 cm³/mol. The fourth-order valence-electron chi connectivity index (χ4n) is 2.92. The second-order valence-electron chi connectivity index (χ2n) is 6.06. The van der Waals surface area contributed by atoms with E-state index in [4.69, 9.17) is 4.74 Å². The maximum Gasteiger partial charge on any atom is 0.255 e. The van der Waals surface area contributed by atoms with Gasteiger partial charge in [-0.1, -0.05) is 24.3 Å². The van der Waals surface area contributed by atoms with Gasteiger partial charge in [0.25, 0.3) is 5.91 Å². The van der Waals surface area contributed by atoms with Gasteiger partial charge in [0.15, 0.2) is 5.78 Å². The number of nitrogens with zero attached hydrogens (tertiary/aromatic N) is 2. The van der Waals surface area contributed by atoms with Crippen molar-refractivity contribution in [1.29, 1.82) is 0 Å². The van der Waals surface area contributed by atoms with Crippen molar-refractivity contribution in [2.24, 2.45) is 0 Å². The zero-order chi connectivity index (χ0) is 18.7. The monoisotopic (exact) mass is 351 g/mol. The molecule has 3 rings (SSSR count). The first-order valence-corrected chi connectivity index (χ1v) is 8.40. The Kier molecular flexibility index (Phi) is 5.02. The molecule has 0 fully saturated rings. The molecule has 134 valence electrons. The Hall–Kier alpha value is -3.15. The van der Waals surface area contributed by atoms with Crippen LogP contribution in [0.4, 0.5) is 0 Å². The number of Topliss-reactive ketones (excluding diaryl/α,β-unsaturated/α-hetero) is 1. The van der Waals surface area contributed by atoms with Gasteiger partial charge in [0.1, 0.15) is 11.6 Å². The first kappa shape index (κ1) is 17.7. The predicted octanol–water partition coefficient (Wildman–Crippen LogP) is 3.12. The molecule has 1 atom stereocenters. The molecule has 26 heavy (non-hydrogen) atoms. The second kappa shape index (κ2) is 7.39. The molecular formula is C20H21N3O3. The van der Waals surface area contributed by atoms with E-state index >= 15 is 0 Å². The normalized spacial score (nSPS) is 12.0. The number of ketones is 1. The third kappa shape index (κ3) is 3.31. The number of carbonyl (C=O) groups excluding carboxylic acids is 2. The molecule has 2 aromatic carbocycles. The summed E-state index contributed by atoms with van der Waals surface area (Å²) >= 11 is 0. The van der Waals surface area contributed by atoms with E-state index in [-0.39, 0.29) is 24.3 Å². The molecule has 0 bridgehead atoms. The minimum atomic E-state index is -0.361. The SMILES string of the molecule is COc1ccccc1C(=O)NCc1nc2ccccc2n1C(C)C(C)=O. The van der Waals surface area contributed by atoms with Crippen LogP contribution >= 0.6 is 0 Å². The van der Waals surface area contributed by atoms with Gasteiger partial charge in [-0.2, -0.15) is 0 Å². The summed E-state index contributed by atoms with van der Waals surface area (Å²) in [6, 6.07) is 14.3. The van der Waals surface area contributed by atoms with Gasteiger partial charge in [-0.05, 0) is 38.1 Å². The minimum absolute atomic E-state index is 0.0328. The number of fused-ring (bicyclic) bond motifs is 1. The number of ether oxygens (including phenoxy) is 1. The van der Waals surface area contributed by atoms with Crippen LogP contribution < -0.4 is 10.1 Å². The number of hydrogen-bond acceptors (Lipinski definition) is 4. The van der Waals surface area contributed by atoms with Crippen molar-refractivity contribution < 1.29 is 14.3 Å². The number of benzene rings is 2. The lowest BCUT2D eigenvalue weighted by molar-refractivity contribution is -0.119. The average molecular weight is 351 g/mol. The van der Waals surface area contributed by atoms with Crippen LogP contribution in [0, 0.1) is 0 Å². The number of amides is 1. The number of carbonyl (C=O) groups is 2. The third-order valence-electron chi connectivity index (χ3n) is 4.40. The van der Waals surface area contributed by atoms with Gasteiger partial charge in [0.2, 0.25) is 0 Å². The van der Waals surface area contributed by atoms with Gasteiger partial charge in [-0.15, -0.1) is 0 Å². The van der Waals surface area contributed by atoms with E-state index < -0.39 is 0 Å². The molecule has 1 aromatic heterocycles. The van der Waals surface area contributed by atoms with Crippen LogP contribution in [0.3, 0.4) is 0 Å². The van der Waals surface area contributed by atoms with Crippen LogP contribution in [0.15, 0.2) is 48.5 Å². The van der Waals surface area contributed by atoms with E-state index in [0.29, 0.717) is 17.1 Å². The van der Waals surface area contributed by atoms with E-state index in [0.717, 1.165) is 11.0 Å². The maximum atomic E-state index is 12.5. The molecule has 0 aliphatic rings. The molecule has 1 N–H and O–H groups in total. The van der Waals surface area contributed by atoms with Crippen LogP contribution in [0.5, 0.6) is 5.75 Å². The lowest BCUT2D eigenvalue weighted by Crippen LogP contribution is -2.26. The number of imidazole rings is 1. The number of nitrogens with one attached hydrogen (secondary N) is 1. The summed E-state index contributed by atoms with van der Waals surface area (Å²) < 4.78 is 7.11. The van der Waals surface area contributed by atoms with E-state index in [1.807, 2.05) is 41.8 Å². The molecule has 0 saturated carbocycles. The first-order chi connectivity index (χ1) is 12.5. The number of methoxy groups -OCH3 is 1. The molecule has 3 aromatic rings. The molecule has 0 radical (unpaired) electrons. The van der Waals surface area contributed by atoms with Crippen molar-refractivity contribution in [2.45, 2.75) is 26.4 Å². The minimum Gasteiger partial charge on any atom is -0.496 e. The molecule has 0 saturated heterocycles. The lowest BCUT2D eigenvalue weighted by atomic mass is 10.2. The first-order valence-electron chi connectivity index (χ1n) is 8.40. The summed E-state index contributed by atoms with van der Waals surface area (Å²) in [4.78, 5) is 29.1. The Morgan fingerprint density at radius 3 is 2.58 bits per heavy atom. The molecule has 0 aliphatic heterocycles. The molecule has 1 heterocycles. The number of rotatable bonds is 6. The smallest absolute Gasteiger partial charge is 0.255 e. The number of aromatic nitrogens is 2. The summed E-state index contributed by atoms with van der Waals surface area (Å²) in [6.07, 6.45) is 0. The van der Waals surface area contributed by atoms with Crippen molar-refractivity contribution in [3.8, 4) is 5.75 Å². The van der Waals surface area contributed by atoms with Crippen molar-refractivity contribution >= 4 is 22.7 Å². The summed E-state index contributed by atoms with van der Waals surface area (Å²) in [5.74, 6) is 0.926. The van der Waals surface area contributed by atoms with Gasteiger partial charge in [-0.3, -0.25) is 9.59 Å². The largest absolute Gasteiger partial charge is 0.496 e. The molecule has 1 amide bonds. The zero-order valence-corrected chi connectivity index (χ0v) is 15.0. The van der Waals surface area contributed by atoms with E-state index in [1.165, 1.54) is 7.11 Å². The van der Waals surface area contributed by atoms with Crippen LogP contribution in [-0.2, 0) is 11.3 Å². The highest BCUT2D eigenvalue weighted by atomic mass is 16.5. The van der Waals surface area contributed by atoms with Crippen LogP contribution in [0.25, 0.3) is 11.0 Å². The molecule has 6 heteroatoms. The van der Waals surface area contributed by atoms with Crippen molar-refractivity contribution in [3.63, 3.8) is 0 Å². The van der Waals surface area contributed by atoms with Gasteiger partial charge in [0, 0.05) is 0 Å². The van der Waals surface area contributed by atoms with E-state index in [9.17, 15) is 9.59 Å². The third-order valence-corrected chi connectivity index (χ3v) is 4.40. The standard InChI is InChI=1S/C20H21N3O3/c1-13(14(2)24)23-17-10-6-5-9-16(17)22-19(23)12-21-20(25)15-8-4-7-11-18(15)26-3/h4-11,13H,12H2,1-3H3,(H,21,25). The quantitative estimate of drug-likeness (QED) is 0.740. The van der Waals surface area contributed by atoms with Gasteiger partial charge >= 0.3 is 0 Å². The number of hydrogen-bond donors (Lipinski definition) is 1. The Balaban J connectivity index is 1.90. The summed E-state index contributed by atoms with van der Waals surface area (Å²) in [6.45, 7) is 3.60. The van der Waals surface area contributed by atoms with Crippen LogP contribution in [0.2, 0.25) is 0 Å². The highest BCUT2D eigenvalue weighted by Crippen LogP contribution is 2.22. The Morgan fingerprint density at radius 1 is 1.15 bits per heavy atom. The van der Waals surface area contributed by atoms with Crippen LogP contribution in [0.1, 0.15) is 36.1 Å². The van der Waals surface area contributed by atoms with Crippen molar-refractivity contribution in [3.05, 3.63) is 59.9 Å². The van der Waals surface area contributed by atoms with Gasteiger partial charge in [0.05, 0.1) is 36.3 Å². The lowest BCUT2D eigenvalue weighted by Gasteiger charge is -2.15. The summed E-state index contributed by atoms with van der Waals surface area (Å²) in [7, 11) is 1.53. The molecule has 0 aliphatic carbocycles. The van der Waals surface area contributed by atoms with Crippen molar-refractivity contribution in [2.75, 3.05) is 7.11 Å². The van der Waals surface area contributed by atoms with Gasteiger partial charge in [-0.25, -0.2) is 4.98 Å². The van der Waals surface area contributed by atoms with Crippen molar-refractivity contribution in [1.82, 2.24) is 14.9 Å². The molecule has 1 unspecified atom stereocenters. The Labute approximate surface area is 151 Å². The second-order valence-corrected chi connectivity index (χ2v) is 6.06. The van der Waals surface area contributed by atoms with Gasteiger partial charge < -0.3 is 14.6 Å². The molecule has 0 spiro atoms. The highest BCUT2D eigenvalue weighted by Gasteiger charge is 2.19. The summed E-state index contributed by atoms with van der Waals surface area (Å²) in [5.41, 5.74) is 2.12. The average Bonchev–Trinajstić information content (AvgIpc) is 3.03. The fourth-order valence-corrected chi connectivity index (χ4v) is 2.92. The topological polar surface area (TPSA) is 73.2 Å². The zero-order valence-electron chi connectivity index (χ0n) is 15.0. The maximum absolute atomic E-state index is 12.5. The fraction of sp³-hybridized carbons (Fsp3) is 0.250. The van der Waals surface area contributed by atoms with E-state index in [2.05, 4.69) is 10.3 Å². The highest BCUT2D eigenvalue weighted by molar-refractivity contribution is 5.96. The van der Waals surface area contributed by atoms with Crippen LogP contribution in [-0.4, -0.2) is 28.4 Å². The number of para-hydroxylation sites is 3. The molecular weight excluding hydrogens is 330 g/mol. The molecule has 6 nitrogen and oxygen atoms in total.